The van der Waals surface area contributed by atoms with Gasteiger partial charge in [0, 0.05) is 32.0 Å². The molecule has 208 valence electrons. The summed E-state index contributed by atoms with van der Waals surface area (Å²) in [6.07, 6.45) is 0.688. The van der Waals surface area contributed by atoms with Crippen molar-refractivity contribution in [1.29, 1.82) is 0 Å². The molecule has 1 aliphatic rings. The van der Waals surface area contributed by atoms with E-state index in [-0.39, 0.29) is 55.6 Å². The van der Waals surface area contributed by atoms with E-state index in [1.807, 2.05) is 68.4 Å². The Bertz CT molecular complexity index is 1340. The van der Waals surface area contributed by atoms with Crippen LogP contribution in [0, 0.1) is 0 Å². The van der Waals surface area contributed by atoms with Crippen molar-refractivity contribution in [1.82, 2.24) is 15.1 Å². The van der Waals surface area contributed by atoms with E-state index < -0.39 is 6.04 Å². The summed E-state index contributed by atoms with van der Waals surface area (Å²) in [6, 6.07) is 22.9. The Morgan fingerprint density at radius 3 is 2.12 bits per heavy atom. The van der Waals surface area contributed by atoms with Crippen molar-refractivity contribution in [2.45, 2.75) is 51.7 Å². The summed E-state index contributed by atoms with van der Waals surface area (Å²) in [6.45, 7) is 4.08. The first-order valence-electron chi connectivity index (χ1n) is 13.5. The molecule has 4 amide bonds. The third kappa shape index (κ3) is 6.75. The predicted octanol–water partition coefficient (Wildman–Crippen LogP) is 4.24. The molecule has 3 aromatic carbocycles. The minimum atomic E-state index is -0.761. The molecular weight excluding hydrogens is 506 g/mol. The molecule has 0 radical (unpaired) electrons. The van der Waals surface area contributed by atoms with Gasteiger partial charge in [0.25, 0.3) is 11.8 Å². The molecule has 0 fully saturated rings. The number of hydrogen-bond donors (Lipinski definition) is 1. The number of fused-ring (bicyclic) bond motifs is 1. The number of nitrogens with one attached hydrogen (secondary N) is 1. The van der Waals surface area contributed by atoms with Crippen molar-refractivity contribution in [2.24, 2.45) is 0 Å². The van der Waals surface area contributed by atoms with Gasteiger partial charge in [0.15, 0.2) is 0 Å². The van der Waals surface area contributed by atoms with Crippen molar-refractivity contribution < 1.29 is 23.9 Å². The fraction of sp³-hybridized carbons (Fsp3) is 0.312. The van der Waals surface area contributed by atoms with E-state index in [1.54, 1.807) is 36.3 Å². The van der Waals surface area contributed by atoms with E-state index in [2.05, 4.69) is 5.32 Å². The van der Waals surface area contributed by atoms with Crippen molar-refractivity contribution >= 4 is 23.6 Å². The Balaban J connectivity index is 1.55. The molecule has 1 heterocycles. The molecule has 0 spiro atoms. The molecule has 0 bridgehead atoms. The van der Waals surface area contributed by atoms with Crippen molar-refractivity contribution in [3.63, 3.8) is 0 Å². The van der Waals surface area contributed by atoms with Gasteiger partial charge in [-0.05, 0) is 55.7 Å². The molecule has 1 atom stereocenters. The monoisotopic (exact) mass is 541 g/mol. The number of rotatable bonds is 12. The van der Waals surface area contributed by atoms with Crippen LogP contribution in [0.25, 0.3) is 0 Å². The Kier molecular flexibility index (Phi) is 9.32. The van der Waals surface area contributed by atoms with E-state index in [0.29, 0.717) is 23.3 Å². The van der Waals surface area contributed by atoms with Crippen LogP contribution >= 0.6 is 0 Å². The van der Waals surface area contributed by atoms with Crippen LogP contribution in [0.2, 0.25) is 0 Å². The van der Waals surface area contributed by atoms with Crippen LogP contribution in [-0.2, 0) is 22.6 Å². The van der Waals surface area contributed by atoms with Crippen molar-refractivity contribution in [2.75, 3.05) is 13.7 Å². The second-order valence-electron chi connectivity index (χ2n) is 10.2. The molecule has 0 aromatic heterocycles. The lowest BCUT2D eigenvalue weighted by atomic mass is 10.0. The summed E-state index contributed by atoms with van der Waals surface area (Å²) in [5.74, 6) is -0.518. The fourth-order valence-electron chi connectivity index (χ4n) is 4.88. The van der Waals surface area contributed by atoms with Gasteiger partial charge in [0.2, 0.25) is 11.8 Å². The zero-order valence-corrected chi connectivity index (χ0v) is 23.1. The molecule has 1 aliphatic heterocycles. The minimum absolute atomic E-state index is 0.0671. The second-order valence-corrected chi connectivity index (χ2v) is 10.2. The fourth-order valence-corrected chi connectivity index (χ4v) is 4.88. The number of hydrogen-bond acceptors (Lipinski definition) is 5. The standard InChI is InChI=1S/C32H35N3O5/c1-22(2)33-30(37)28(20-23-11-5-4-6-12-23)35(21-24-13-9-14-25(19-24)40-3)29(36)17-10-18-34-31(38)26-15-7-8-16-27(26)32(34)39/h4-9,11-16,19,22,28H,10,17-18,20-21H2,1-3H3,(H,33,37). The van der Waals surface area contributed by atoms with Crippen LogP contribution in [-0.4, -0.2) is 59.2 Å². The SMILES string of the molecule is COc1cccc(CN(C(=O)CCCN2C(=O)c3ccccc3C2=O)C(Cc2ccccc2)C(=O)NC(C)C)c1. The molecule has 40 heavy (non-hydrogen) atoms. The number of benzene rings is 3. The summed E-state index contributed by atoms with van der Waals surface area (Å²) in [5.41, 5.74) is 2.52. The van der Waals surface area contributed by atoms with Gasteiger partial charge in [0.1, 0.15) is 11.8 Å². The van der Waals surface area contributed by atoms with E-state index in [1.165, 1.54) is 4.90 Å². The Morgan fingerprint density at radius 1 is 0.875 bits per heavy atom. The van der Waals surface area contributed by atoms with Gasteiger partial charge < -0.3 is 15.0 Å². The highest BCUT2D eigenvalue weighted by atomic mass is 16.5. The number of nitrogens with zero attached hydrogens (tertiary/aromatic N) is 2. The van der Waals surface area contributed by atoms with E-state index in [4.69, 9.17) is 4.74 Å². The van der Waals surface area contributed by atoms with Gasteiger partial charge in [0.05, 0.1) is 18.2 Å². The average Bonchev–Trinajstić information content (AvgIpc) is 3.20. The van der Waals surface area contributed by atoms with Gasteiger partial charge >= 0.3 is 0 Å². The average molecular weight is 542 g/mol. The van der Waals surface area contributed by atoms with E-state index in [9.17, 15) is 19.2 Å². The van der Waals surface area contributed by atoms with Gasteiger partial charge in [-0.3, -0.25) is 24.1 Å². The van der Waals surface area contributed by atoms with E-state index in [0.717, 1.165) is 11.1 Å². The van der Waals surface area contributed by atoms with Gasteiger partial charge in [-0.2, -0.15) is 0 Å². The molecule has 0 saturated carbocycles. The second kappa shape index (κ2) is 13.1. The normalized spacial score (nSPS) is 13.2. The van der Waals surface area contributed by atoms with Crippen LogP contribution in [0.3, 0.4) is 0 Å². The topological polar surface area (TPSA) is 96.0 Å². The number of methoxy groups -OCH3 is 1. The molecule has 1 unspecified atom stereocenters. The lowest BCUT2D eigenvalue weighted by Crippen LogP contribution is -2.51. The van der Waals surface area contributed by atoms with Crippen molar-refractivity contribution in [3.05, 3.63) is 101 Å². The zero-order valence-electron chi connectivity index (χ0n) is 23.1. The molecule has 0 aliphatic carbocycles. The van der Waals surface area contributed by atoms with Crippen LogP contribution in [0.4, 0.5) is 0 Å². The first-order valence-corrected chi connectivity index (χ1v) is 13.5. The summed E-state index contributed by atoms with van der Waals surface area (Å²) in [5, 5.41) is 2.97. The zero-order chi connectivity index (χ0) is 28.6. The lowest BCUT2D eigenvalue weighted by molar-refractivity contribution is -0.141. The molecule has 0 saturated heterocycles. The van der Waals surface area contributed by atoms with Crippen LogP contribution in [0.5, 0.6) is 5.75 Å². The van der Waals surface area contributed by atoms with Crippen LogP contribution < -0.4 is 10.1 Å². The van der Waals surface area contributed by atoms with Gasteiger partial charge in [-0.1, -0.05) is 54.6 Å². The molecule has 1 N–H and O–H groups in total. The number of carbonyl (C=O) groups is 4. The first kappa shape index (κ1) is 28.5. The summed E-state index contributed by atoms with van der Waals surface area (Å²) >= 11 is 0. The number of amides is 4. The molecule has 4 rings (SSSR count). The maximum absolute atomic E-state index is 13.8. The Hall–Kier alpha value is -4.46. The lowest BCUT2D eigenvalue weighted by Gasteiger charge is -2.32. The van der Waals surface area contributed by atoms with Gasteiger partial charge in [-0.15, -0.1) is 0 Å². The Labute approximate surface area is 234 Å². The maximum Gasteiger partial charge on any atom is 0.261 e. The molecular formula is C32H35N3O5. The number of carbonyl (C=O) groups excluding carboxylic acids is 4. The maximum atomic E-state index is 13.8. The summed E-state index contributed by atoms with van der Waals surface area (Å²) in [4.78, 5) is 55.6. The summed E-state index contributed by atoms with van der Waals surface area (Å²) in [7, 11) is 1.58. The van der Waals surface area contributed by atoms with Gasteiger partial charge in [-0.25, -0.2) is 0 Å². The minimum Gasteiger partial charge on any atom is -0.497 e. The largest absolute Gasteiger partial charge is 0.497 e. The summed E-state index contributed by atoms with van der Waals surface area (Å²) < 4.78 is 5.37. The molecule has 8 heteroatoms. The quantitative estimate of drug-likeness (QED) is 0.346. The highest BCUT2D eigenvalue weighted by Crippen LogP contribution is 2.24. The smallest absolute Gasteiger partial charge is 0.261 e. The van der Waals surface area contributed by atoms with Crippen molar-refractivity contribution in [3.8, 4) is 5.75 Å². The third-order valence-corrected chi connectivity index (χ3v) is 6.84. The highest BCUT2D eigenvalue weighted by molar-refractivity contribution is 6.21. The molecule has 3 aromatic rings. The first-order chi connectivity index (χ1) is 19.3. The van der Waals surface area contributed by atoms with Crippen LogP contribution in [0.1, 0.15) is 58.5 Å². The number of imide groups is 1. The van der Waals surface area contributed by atoms with E-state index >= 15 is 0 Å². The Morgan fingerprint density at radius 2 is 1.50 bits per heavy atom. The predicted molar refractivity (Wildman–Crippen MR) is 152 cm³/mol. The molecule has 8 nitrogen and oxygen atoms in total. The highest BCUT2D eigenvalue weighted by Gasteiger charge is 2.35. The van der Waals surface area contributed by atoms with Crippen LogP contribution in [0.15, 0.2) is 78.9 Å². The number of ether oxygens (including phenoxy) is 1. The third-order valence-electron chi connectivity index (χ3n) is 6.84.